The summed E-state index contributed by atoms with van der Waals surface area (Å²) in [5.74, 6) is 0.462. The second-order valence-corrected chi connectivity index (χ2v) is 2.95. The van der Waals surface area contributed by atoms with Crippen LogP contribution in [-0.4, -0.2) is 19.7 Å². The van der Waals surface area contributed by atoms with E-state index in [4.69, 9.17) is 23.2 Å². The highest BCUT2D eigenvalue weighted by atomic mass is 35.5. The number of hydrogen-bond donors (Lipinski definition) is 0. The van der Waals surface area contributed by atoms with E-state index in [9.17, 15) is 0 Å². The summed E-state index contributed by atoms with van der Waals surface area (Å²) < 4.78 is 1.30. The third-order valence-electron chi connectivity index (χ3n) is 1.36. The molecule has 13 heavy (non-hydrogen) atoms. The first-order chi connectivity index (χ1) is 6.27. The van der Waals surface area contributed by atoms with Gasteiger partial charge in [-0.1, -0.05) is 11.6 Å². The van der Waals surface area contributed by atoms with Crippen LogP contribution in [0.5, 0.6) is 0 Å². The molecule has 2 rings (SSSR count). The van der Waals surface area contributed by atoms with Gasteiger partial charge in [-0.25, -0.2) is 4.98 Å². The highest BCUT2D eigenvalue weighted by molar-refractivity contribution is 6.32. The number of hydrogen-bond acceptors (Lipinski definition) is 3. The normalized spacial score (nSPS) is 10.3. The Morgan fingerprint density at radius 2 is 2.23 bits per heavy atom. The van der Waals surface area contributed by atoms with Gasteiger partial charge in [-0.2, -0.15) is 9.67 Å². The molecule has 0 spiro atoms. The number of halogens is 2. The topological polar surface area (TPSA) is 43.6 Å². The van der Waals surface area contributed by atoms with Gasteiger partial charge in [0.1, 0.15) is 0 Å². The fourth-order valence-corrected chi connectivity index (χ4v) is 1.16. The maximum Gasteiger partial charge on any atom is 0.243 e. The molecule has 0 saturated carbocycles. The molecule has 6 heteroatoms. The van der Waals surface area contributed by atoms with Crippen LogP contribution in [0.2, 0.25) is 10.3 Å². The Morgan fingerprint density at radius 3 is 2.85 bits per heavy atom. The molecule has 1 radical (unpaired) electrons. The Balaban J connectivity index is 2.52. The van der Waals surface area contributed by atoms with E-state index in [-0.39, 0.29) is 5.28 Å². The van der Waals surface area contributed by atoms with Crippen molar-refractivity contribution in [1.82, 2.24) is 19.7 Å². The molecule has 0 saturated heterocycles. The number of aromatic nitrogens is 4. The van der Waals surface area contributed by atoms with Crippen molar-refractivity contribution in [3.63, 3.8) is 0 Å². The van der Waals surface area contributed by atoms with Crippen molar-refractivity contribution in [3.8, 4) is 5.82 Å². The van der Waals surface area contributed by atoms with Gasteiger partial charge in [0.25, 0.3) is 0 Å². The zero-order valence-corrected chi connectivity index (χ0v) is 7.79. The molecule has 0 fully saturated rings. The number of rotatable bonds is 1. The van der Waals surface area contributed by atoms with E-state index in [1.54, 1.807) is 18.3 Å². The Bertz CT molecular complexity index is 426. The maximum atomic E-state index is 5.85. The van der Waals surface area contributed by atoms with Gasteiger partial charge in [-0.3, -0.25) is 0 Å². The highest BCUT2D eigenvalue weighted by Crippen LogP contribution is 2.15. The predicted octanol–water partition coefficient (Wildman–Crippen LogP) is 1.77. The van der Waals surface area contributed by atoms with Crippen molar-refractivity contribution in [2.75, 3.05) is 0 Å². The van der Waals surface area contributed by atoms with Gasteiger partial charge in [-0.15, -0.1) is 5.10 Å². The standard InChI is InChI=1S/C7H3Cl2N4/c8-5-2-1-3-10-6(5)13-4-11-7(9)12-13/h1-3H. The molecule has 0 aliphatic carbocycles. The average molecular weight is 214 g/mol. The smallest absolute Gasteiger partial charge is 0.236 e. The van der Waals surface area contributed by atoms with Crippen LogP contribution in [0.15, 0.2) is 18.3 Å². The molecule has 0 aliphatic rings. The van der Waals surface area contributed by atoms with E-state index < -0.39 is 0 Å². The lowest BCUT2D eigenvalue weighted by Gasteiger charge is -1.98. The quantitative estimate of drug-likeness (QED) is 0.726. The first-order valence-corrected chi connectivity index (χ1v) is 4.14. The van der Waals surface area contributed by atoms with Gasteiger partial charge < -0.3 is 0 Å². The minimum atomic E-state index is 0.113. The molecule has 2 aromatic rings. The lowest BCUT2D eigenvalue weighted by molar-refractivity contribution is 0.839. The van der Waals surface area contributed by atoms with Gasteiger partial charge in [0, 0.05) is 6.20 Å². The molecular formula is C7H3Cl2N4. The zero-order valence-electron chi connectivity index (χ0n) is 6.28. The fourth-order valence-electron chi connectivity index (χ4n) is 0.844. The Labute approximate surface area is 84.1 Å². The van der Waals surface area contributed by atoms with E-state index in [0.717, 1.165) is 0 Å². The summed E-state index contributed by atoms with van der Waals surface area (Å²) in [4.78, 5) is 7.63. The van der Waals surface area contributed by atoms with E-state index in [2.05, 4.69) is 21.4 Å². The molecule has 4 nitrogen and oxygen atoms in total. The minimum Gasteiger partial charge on any atom is -0.236 e. The van der Waals surface area contributed by atoms with Gasteiger partial charge in [0.15, 0.2) is 5.82 Å². The van der Waals surface area contributed by atoms with Crippen LogP contribution in [0.4, 0.5) is 0 Å². The van der Waals surface area contributed by atoms with Crippen LogP contribution in [0, 0.1) is 6.33 Å². The van der Waals surface area contributed by atoms with E-state index in [1.165, 1.54) is 4.68 Å². The van der Waals surface area contributed by atoms with Crippen LogP contribution in [0.1, 0.15) is 0 Å². The molecule has 0 bridgehead atoms. The summed E-state index contributed by atoms with van der Waals surface area (Å²) >= 11 is 11.4. The van der Waals surface area contributed by atoms with Crippen LogP contribution in [-0.2, 0) is 0 Å². The molecule has 2 aromatic heterocycles. The lowest BCUT2D eigenvalue weighted by Crippen LogP contribution is -1.98. The molecule has 0 aromatic carbocycles. The molecule has 0 N–H and O–H groups in total. The van der Waals surface area contributed by atoms with Crippen LogP contribution >= 0.6 is 23.2 Å². The Morgan fingerprint density at radius 1 is 1.38 bits per heavy atom. The van der Waals surface area contributed by atoms with Crippen molar-refractivity contribution in [2.45, 2.75) is 0 Å². The monoisotopic (exact) mass is 213 g/mol. The largest absolute Gasteiger partial charge is 0.243 e. The second-order valence-electron chi connectivity index (χ2n) is 2.20. The van der Waals surface area contributed by atoms with Crippen molar-refractivity contribution < 1.29 is 0 Å². The third kappa shape index (κ3) is 1.64. The third-order valence-corrected chi connectivity index (χ3v) is 1.81. The van der Waals surface area contributed by atoms with Crippen molar-refractivity contribution in [1.29, 1.82) is 0 Å². The molecule has 2 heterocycles. The van der Waals surface area contributed by atoms with E-state index >= 15 is 0 Å². The van der Waals surface area contributed by atoms with Gasteiger partial charge in [-0.05, 0) is 23.7 Å². The summed E-state index contributed by atoms with van der Waals surface area (Å²) in [7, 11) is 0. The molecule has 0 atom stereocenters. The highest BCUT2D eigenvalue weighted by Gasteiger charge is 2.05. The van der Waals surface area contributed by atoms with Gasteiger partial charge in [0.2, 0.25) is 11.6 Å². The molecule has 0 unspecified atom stereocenters. The summed E-state index contributed by atoms with van der Waals surface area (Å²) in [6, 6.07) is 3.43. The first-order valence-electron chi connectivity index (χ1n) is 3.38. The average Bonchev–Trinajstić information content (AvgIpc) is 2.53. The summed E-state index contributed by atoms with van der Waals surface area (Å²) in [6.45, 7) is 0. The van der Waals surface area contributed by atoms with E-state index in [0.29, 0.717) is 10.8 Å². The number of pyridine rings is 1. The first kappa shape index (κ1) is 8.47. The Hall–Kier alpha value is -1.13. The van der Waals surface area contributed by atoms with Crippen LogP contribution in [0.3, 0.4) is 0 Å². The molecule has 65 valence electrons. The molecule has 0 aliphatic heterocycles. The molecular weight excluding hydrogens is 211 g/mol. The van der Waals surface area contributed by atoms with Crippen molar-refractivity contribution in [3.05, 3.63) is 35.0 Å². The van der Waals surface area contributed by atoms with Crippen LogP contribution in [0.25, 0.3) is 5.82 Å². The zero-order chi connectivity index (χ0) is 9.26. The van der Waals surface area contributed by atoms with Gasteiger partial charge >= 0.3 is 0 Å². The van der Waals surface area contributed by atoms with Crippen molar-refractivity contribution >= 4 is 23.2 Å². The predicted molar refractivity (Wildman–Crippen MR) is 48.0 cm³/mol. The SMILES string of the molecule is Clc1n[c]n(-c2ncccc2Cl)n1. The van der Waals surface area contributed by atoms with E-state index in [1.807, 2.05) is 0 Å². The molecule has 0 amide bonds. The lowest BCUT2D eigenvalue weighted by atomic mass is 10.5. The maximum absolute atomic E-state index is 5.85. The summed E-state index contributed by atoms with van der Waals surface area (Å²) in [6.07, 6.45) is 4.14. The fraction of sp³-hybridized carbons (Fsp3) is 0. The number of nitrogens with zero attached hydrogens (tertiary/aromatic N) is 4. The summed E-state index contributed by atoms with van der Waals surface area (Å²) in [5, 5.41) is 4.40. The van der Waals surface area contributed by atoms with Crippen LogP contribution < -0.4 is 0 Å². The van der Waals surface area contributed by atoms with Crippen molar-refractivity contribution in [2.24, 2.45) is 0 Å². The van der Waals surface area contributed by atoms with Gasteiger partial charge in [0.05, 0.1) is 5.02 Å². The minimum absolute atomic E-state index is 0.113. The second kappa shape index (κ2) is 3.32. The Kier molecular flexibility index (Phi) is 2.16. The summed E-state index contributed by atoms with van der Waals surface area (Å²) in [5.41, 5.74) is 0.